The second-order valence-electron chi connectivity index (χ2n) is 5.59. The molecule has 2 aliphatic rings. The van der Waals surface area contributed by atoms with E-state index in [1.54, 1.807) is 4.90 Å². The van der Waals surface area contributed by atoms with E-state index < -0.39 is 0 Å². The average Bonchev–Trinajstić information content (AvgIpc) is 2.93. The first-order valence-electron chi connectivity index (χ1n) is 6.80. The number of benzene rings is 1. The minimum Gasteiger partial charge on any atom is -0.445 e. The molecule has 3 unspecified atom stereocenters. The third-order valence-corrected chi connectivity index (χ3v) is 4.28. The van der Waals surface area contributed by atoms with E-state index in [9.17, 15) is 9.90 Å². The van der Waals surface area contributed by atoms with Crippen LogP contribution in [0.25, 0.3) is 0 Å². The summed E-state index contributed by atoms with van der Waals surface area (Å²) in [5.41, 5.74) is 1.00. The van der Waals surface area contributed by atoms with Crippen LogP contribution in [0.1, 0.15) is 12.5 Å². The smallest absolute Gasteiger partial charge is 0.410 e. The maximum absolute atomic E-state index is 11.9. The lowest BCUT2D eigenvalue weighted by Gasteiger charge is -2.20. The Labute approximate surface area is 113 Å². The summed E-state index contributed by atoms with van der Waals surface area (Å²) >= 11 is 0. The Morgan fingerprint density at radius 1 is 1.37 bits per heavy atom. The second-order valence-corrected chi connectivity index (χ2v) is 5.59. The number of rotatable bonds is 3. The summed E-state index contributed by atoms with van der Waals surface area (Å²) in [7, 11) is 0. The van der Waals surface area contributed by atoms with E-state index >= 15 is 0 Å². The summed E-state index contributed by atoms with van der Waals surface area (Å²) in [5, 5.41) is 9.54. The molecular formula is C15H19NO3. The summed E-state index contributed by atoms with van der Waals surface area (Å²) in [4.78, 5) is 13.7. The number of amides is 1. The molecule has 4 heteroatoms. The van der Waals surface area contributed by atoms with Gasteiger partial charge in [-0.05, 0) is 30.2 Å². The number of ether oxygens (including phenoxy) is 1. The van der Waals surface area contributed by atoms with Crippen molar-refractivity contribution in [2.45, 2.75) is 19.6 Å². The highest BCUT2D eigenvalue weighted by Gasteiger charge is 2.58. The van der Waals surface area contributed by atoms with E-state index in [2.05, 4.69) is 0 Å². The van der Waals surface area contributed by atoms with Crippen LogP contribution in [-0.2, 0) is 11.3 Å². The number of aliphatic hydroxyl groups is 1. The van der Waals surface area contributed by atoms with Crippen LogP contribution >= 0.6 is 0 Å². The fraction of sp³-hybridized carbons (Fsp3) is 0.533. The van der Waals surface area contributed by atoms with Crippen molar-refractivity contribution in [1.82, 2.24) is 4.90 Å². The molecule has 1 aromatic rings. The van der Waals surface area contributed by atoms with Gasteiger partial charge in [0.15, 0.2) is 0 Å². The quantitative estimate of drug-likeness (QED) is 0.904. The van der Waals surface area contributed by atoms with E-state index in [0.29, 0.717) is 24.4 Å². The van der Waals surface area contributed by atoms with Crippen LogP contribution in [0.2, 0.25) is 0 Å². The van der Waals surface area contributed by atoms with Gasteiger partial charge in [-0.15, -0.1) is 0 Å². The standard InChI is InChI=1S/C15H19NO3/c1-10(17)14-12-7-16(8-13(12)14)15(18)19-9-11-5-3-2-4-6-11/h2-6,10,12-14,17H,7-9H2,1H3. The lowest BCUT2D eigenvalue weighted by molar-refractivity contribution is 0.0906. The lowest BCUT2D eigenvalue weighted by atomic mass is 10.2. The molecule has 0 spiro atoms. The Bertz CT molecular complexity index is 448. The van der Waals surface area contributed by atoms with Crippen molar-refractivity contribution in [3.8, 4) is 0 Å². The molecule has 1 aromatic carbocycles. The number of likely N-dealkylation sites (tertiary alicyclic amines) is 1. The van der Waals surface area contributed by atoms with E-state index in [0.717, 1.165) is 18.7 Å². The Kier molecular flexibility index (Phi) is 3.19. The molecule has 0 aromatic heterocycles. The van der Waals surface area contributed by atoms with Gasteiger partial charge in [0.05, 0.1) is 6.10 Å². The molecule has 0 bridgehead atoms. The molecule has 0 radical (unpaired) electrons. The highest BCUT2D eigenvalue weighted by molar-refractivity contribution is 5.68. The maximum atomic E-state index is 11.9. The summed E-state index contributed by atoms with van der Waals surface area (Å²) in [5.74, 6) is 1.34. The first kappa shape index (κ1) is 12.5. The molecule has 3 rings (SSSR count). The SMILES string of the molecule is CC(O)C1C2CN(C(=O)OCc3ccccc3)CC21. The Hall–Kier alpha value is -1.55. The molecule has 1 amide bonds. The third-order valence-electron chi connectivity index (χ3n) is 4.28. The number of nitrogens with zero attached hydrogens (tertiary/aromatic N) is 1. The van der Waals surface area contributed by atoms with Crippen molar-refractivity contribution in [2.24, 2.45) is 17.8 Å². The van der Waals surface area contributed by atoms with Crippen LogP contribution in [0.15, 0.2) is 30.3 Å². The highest BCUT2D eigenvalue weighted by atomic mass is 16.6. The monoisotopic (exact) mass is 261 g/mol. The first-order chi connectivity index (χ1) is 9.16. The van der Waals surface area contributed by atoms with E-state index in [4.69, 9.17) is 4.74 Å². The van der Waals surface area contributed by atoms with Gasteiger partial charge in [0.25, 0.3) is 0 Å². The zero-order valence-electron chi connectivity index (χ0n) is 11.0. The van der Waals surface area contributed by atoms with Crippen LogP contribution in [0, 0.1) is 17.8 Å². The minimum atomic E-state index is -0.252. The predicted molar refractivity (Wildman–Crippen MR) is 70.4 cm³/mol. The highest BCUT2D eigenvalue weighted by Crippen LogP contribution is 2.53. The molecule has 1 N–H and O–H groups in total. The molecule has 19 heavy (non-hydrogen) atoms. The molecule has 1 heterocycles. The van der Waals surface area contributed by atoms with Gasteiger partial charge in [-0.3, -0.25) is 0 Å². The van der Waals surface area contributed by atoms with Crippen LogP contribution in [0.3, 0.4) is 0 Å². The minimum absolute atomic E-state index is 0.236. The van der Waals surface area contributed by atoms with E-state index in [1.807, 2.05) is 37.3 Å². The summed E-state index contributed by atoms with van der Waals surface area (Å²) in [6, 6.07) is 9.69. The molecule has 1 saturated carbocycles. The predicted octanol–water partition coefficient (Wildman–Crippen LogP) is 1.88. The number of fused-ring (bicyclic) bond motifs is 1. The number of carbonyl (C=O) groups excluding carboxylic acids is 1. The molecular weight excluding hydrogens is 242 g/mol. The molecule has 102 valence electrons. The molecule has 2 fully saturated rings. The van der Waals surface area contributed by atoms with Gasteiger partial charge in [0.2, 0.25) is 0 Å². The van der Waals surface area contributed by atoms with Gasteiger partial charge in [0, 0.05) is 13.1 Å². The van der Waals surface area contributed by atoms with Crippen LogP contribution < -0.4 is 0 Å². The van der Waals surface area contributed by atoms with Gasteiger partial charge >= 0.3 is 6.09 Å². The zero-order valence-corrected chi connectivity index (χ0v) is 11.0. The van der Waals surface area contributed by atoms with Crippen molar-refractivity contribution in [3.05, 3.63) is 35.9 Å². The van der Waals surface area contributed by atoms with Gasteiger partial charge in [0.1, 0.15) is 6.61 Å². The van der Waals surface area contributed by atoms with Crippen molar-refractivity contribution < 1.29 is 14.6 Å². The second kappa shape index (κ2) is 4.85. The zero-order chi connectivity index (χ0) is 13.4. The Balaban J connectivity index is 1.46. The van der Waals surface area contributed by atoms with Crippen molar-refractivity contribution >= 4 is 6.09 Å². The topological polar surface area (TPSA) is 49.8 Å². The van der Waals surface area contributed by atoms with Gasteiger partial charge in [-0.1, -0.05) is 30.3 Å². The number of piperidine rings is 1. The van der Waals surface area contributed by atoms with E-state index in [-0.39, 0.29) is 12.2 Å². The van der Waals surface area contributed by atoms with Gasteiger partial charge in [-0.25, -0.2) is 4.79 Å². The largest absolute Gasteiger partial charge is 0.445 e. The number of aliphatic hydroxyl groups excluding tert-OH is 1. The van der Waals surface area contributed by atoms with Crippen molar-refractivity contribution in [1.29, 1.82) is 0 Å². The molecule has 3 atom stereocenters. The average molecular weight is 261 g/mol. The summed E-state index contributed by atoms with van der Waals surface area (Å²) < 4.78 is 5.30. The molecule has 1 saturated heterocycles. The van der Waals surface area contributed by atoms with Gasteiger partial charge in [-0.2, -0.15) is 0 Å². The van der Waals surface area contributed by atoms with Crippen molar-refractivity contribution in [3.63, 3.8) is 0 Å². The Morgan fingerprint density at radius 3 is 2.58 bits per heavy atom. The van der Waals surface area contributed by atoms with E-state index in [1.165, 1.54) is 0 Å². The normalized spacial score (nSPS) is 29.8. The Morgan fingerprint density at radius 2 is 2.00 bits per heavy atom. The molecule has 1 aliphatic heterocycles. The number of hydrogen-bond acceptors (Lipinski definition) is 3. The van der Waals surface area contributed by atoms with Crippen LogP contribution in [0.5, 0.6) is 0 Å². The lowest BCUT2D eigenvalue weighted by Crippen LogP contribution is -2.33. The summed E-state index contributed by atoms with van der Waals surface area (Å²) in [6.45, 7) is 3.62. The van der Waals surface area contributed by atoms with Crippen molar-refractivity contribution in [2.75, 3.05) is 13.1 Å². The maximum Gasteiger partial charge on any atom is 0.410 e. The third kappa shape index (κ3) is 2.45. The summed E-state index contributed by atoms with van der Waals surface area (Å²) in [6.07, 6.45) is -0.488. The fourth-order valence-corrected chi connectivity index (χ4v) is 3.25. The number of carbonyl (C=O) groups is 1. The van der Waals surface area contributed by atoms with Crippen LogP contribution in [0.4, 0.5) is 4.79 Å². The molecule has 1 aliphatic carbocycles. The van der Waals surface area contributed by atoms with Crippen LogP contribution in [-0.4, -0.2) is 35.3 Å². The molecule has 4 nitrogen and oxygen atoms in total. The van der Waals surface area contributed by atoms with Gasteiger partial charge < -0.3 is 14.7 Å². The fourth-order valence-electron chi connectivity index (χ4n) is 3.25. The first-order valence-corrected chi connectivity index (χ1v) is 6.80. The number of hydrogen-bond donors (Lipinski definition) is 1.